The van der Waals surface area contributed by atoms with Gasteiger partial charge in [0.1, 0.15) is 0 Å². The van der Waals surface area contributed by atoms with Crippen molar-refractivity contribution in [3.8, 4) is 0 Å². The molecular formula is C19H33N5. The number of guanidine groups is 1. The summed E-state index contributed by atoms with van der Waals surface area (Å²) in [7, 11) is 4.17. The monoisotopic (exact) mass is 331 g/mol. The third-order valence-corrected chi connectivity index (χ3v) is 4.94. The maximum Gasteiger partial charge on any atom is 0.188 e. The van der Waals surface area contributed by atoms with Crippen LogP contribution in [0.1, 0.15) is 36.9 Å². The van der Waals surface area contributed by atoms with Crippen molar-refractivity contribution in [1.82, 2.24) is 15.1 Å². The molecule has 2 rings (SSSR count). The molecule has 1 aromatic rings. The minimum Gasteiger partial charge on any atom is -0.370 e. The Labute approximate surface area is 146 Å². The summed E-state index contributed by atoms with van der Waals surface area (Å²) in [5.74, 6) is 0.553. The largest absolute Gasteiger partial charge is 0.370 e. The standard InChI is InChI=1S/C19H33N5/c1-5-24-12-6-7-17(24)13-21-19(20)22-14-18(23(3)4)16-10-8-15(2)9-11-16/h8-11,17-18H,5-7,12-14H2,1-4H3,(H3,20,21,22). The predicted molar refractivity (Wildman–Crippen MR) is 102 cm³/mol. The van der Waals surface area contributed by atoms with Crippen LogP contribution in [0.3, 0.4) is 0 Å². The normalized spacial score (nSPS) is 20.5. The molecule has 3 N–H and O–H groups in total. The summed E-state index contributed by atoms with van der Waals surface area (Å²) < 4.78 is 0. The molecule has 5 heteroatoms. The molecule has 1 aliphatic rings. The van der Waals surface area contributed by atoms with Crippen LogP contribution in [0.25, 0.3) is 0 Å². The fourth-order valence-corrected chi connectivity index (χ4v) is 3.36. The van der Waals surface area contributed by atoms with Crippen LogP contribution in [0.15, 0.2) is 29.3 Å². The molecule has 2 unspecified atom stereocenters. The molecule has 0 spiro atoms. The first-order valence-electron chi connectivity index (χ1n) is 9.02. The molecule has 1 aliphatic heterocycles. The van der Waals surface area contributed by atoms with Gasteiger partial charge in [-0.3, -0.25) is 9.89 Å². The molecule has 0 aliphatic carbocycles. The Hall–Kier alpha value is -1.59. The molecular weight excluding hydrogens is 298 g/mol. The van der Waals surface area contributed by atoms with E-state index in [1.54, 1.807) is 0 Å². The molecule has 0 bridgehead atoms. The Morgan fingerprint density at radius 1 is 1.38 bits per heavy atom. The molecule has 1 heterocycles. The van der Waals surface area contributed by atoms with Gasteiger partial charge in [0.05, 0.1) is 12.6 Å². The van der Waals surface area contributed by atoms with E-state index in [0.29, 0.717) is 18.5 Å². The number of hydrogen-bond donors (Lipinski definition) is 2. The van der Waals surface area contributed by atoms with Crippen LogP contribution in [0.4, 0.5) is 0 Å². The van der Waals surface area contributed by atoms with Crippen molar-refractivity contribution in [3.05, 3.63) is 35.4 Å². The van der Waals surface area contributed by atoms with Crippen molar-refractivity contribution in [1.29, 1.82) is 0 Å². The number of likely N-dealkylation sites (tertiary alicyclic amines) is 1. The lowest BCUT2D eigenvalue weighted by atomic mass is 10.0. The average molecular weight is 332 g/mol. The fraction of sp³-hybridized carbons (Fsp3) is 0.632. The van der Waals surface area contributed by atoms with E-state index in [4.69, 9.17) is 5.73 Å². The lowest BCUT2D eigenvalue weighted by Gasteiger charge is -2.24. The molecule has 0 amide bonds. The van der Waals surface area contributed by atoms with E-state index in [-0.39, 0.29) is 6.04 Å². The predicted octanol–water partition coefficient (Wildman–Crippen LogP) is 1.99. The topological polar surface area (TPSA) is 56.9 Å². The molecule has 2 atom stereocenters. The van der Waals surface area contributed by atoms with Gasteiger partial charge in [0.15, 0.2) is 5.96 Å². The van der Waals surface area contributed by atoms with E-state index in [9.17, 15) is 0 Å². The number of nitrogens with two attached hydrogens (primary N) is 1. The summed E-state index contributed by atoms with van der Waals surface area (Å²) >= 11 is 0. The van der Waals surface area contributed by atoms with E-state index in [1.807, 2.05) is 0 Å². The third-order valence-electron chi connectivity index (χ3n) is 4.94. The summed E-state index contributed by atoms with van der Waals surface area (Å²) in [5.41, 5.74) is 8.64. The molecule has 0 saturated carbocycles. The Bertz CT molecular complexity index is 523. The van der Waals surface area contributed by atoms with E-state index in [2.05, 4.69) is 72.3 Å². The van der Waals surface area contributed by atoms with Gasteiger partial charge in [0.2, 0.25) is 0 Å². The summed E-state index contributed by atoms with van der Waals surface area (Å²) in [6.07, 6.45) is 2.53. The van der Waals surface area contributed by atoms with Crippen LogP contribution in [0, 0.1) is 6.92 Å². The quantitative estimate of drug-likeness (QED) is 0.593. The number of nitrogens with zero attached hydrogens (tertiary/aromatic N) is 3. The van der Waals surface area contributed by atoms with Gasteiger partial charge in [0, 0.05) is 12.6 Å². The Morgan fingerprint density at radius 3 is 2.71 bits per heavy atom. The number of benzene rings is 1. The van der Waals surface area contributed by atoms with Gasteiger partial charge in [0.25, 0.3) is 0 Å². The molecule has 134 valence electrons. The molecule has 0 aromatic heterocycles. The lowest BCUT2D eigenvalue weighted by molar-refractivity contribution is 0.267. The van der Waals surface area contributed by atoms with Crippen molar-refractivity contribution in [2.75, 3.05) is 40.3 Å². The van der Waals surface area contributed by atoms with Crippen molar-refractivity contribution < 1.29 is 0 Å². The first-order chi connectivity index (χ1) is 11.5. The summed E-state index contributed by atoms with van der Waals surface area (Å²) in [6.45, 7) is 8.20. The van der Waals surface area contributed by atoms with Crippen molar-refractivity contribution in [2.45, 2.75) is 38.8 Å². The van der Waals surface area contributed by atoms with Crippen LogP contribution < -0.4 is 11.1 Å². The van der Waals surface area contributed by atoms with Crippen LogP contribution in [0.5, 0.6) is 0 Å². The molecule has 5 nitrogen and oxygen atoms in total. The van der Waals surface area contributed by atoms with Crippen molar-refractivity contribution >= 4 is 5.96 Å². The number of aryl methyl sites for hydroxylation is 1. The number of hydrogen-bond acceptors (Lipinski definition) is 3. The number of rotatable bonds is 7. The van der Waals surface area contributed by atoms with Gasteiger partial charge >= 0.3 is 0 Å². The highest BCUT2D eigenvalue weighted by atomic mass is 15.2. The summed E-state index contributed by atoms with van der Waals surface area (Å²) in [5, 5.41) is 3.31. The highest BCUT2D eigenvalue weighted by molar-refractivity contribution is 5.77. The Balaban J connectivity index is 1.89. The number of aliphatic imine (C=N–C) groups is 1. The average Bonchev–Trinajstić information content (AvgIpc) is 3.02. The highest BCUT2D eigenvalue weighted by Gasteiger charge is 2.22. The maximum absolute atomic E-state index is 6.09. The molecule has 0 radical (unpaired) electrons. The lowest BCUT2D eigenvalue weighted by Crippen LogP contribution is -2.43. The molecule has 1 fully saturated rings. The van der Waals surface area contributed by atoms with Crippen LogP contribution in [-0.4, -0.2) is 62.1 Å². The van der Waals surface area contributed by atoms with Crippen LogP contribution in [0.2, 0.25) is 0 Å². The molecule has 1 saturated heterocycles. The maximum atomic E-state index is 6.09. The van der Waals surface area contributed by atoms with Crippen molar-refractivity contribution in [2.24, 2.45) is 10.7 Å². The first-order valence-corrected chi connectivity index (χ1v) is 9.02. The Kier molecular flexibility index (Phi) is 7.06. The zero-order valence-electron chi connectivity index (χ0n) is 15.6. The van der Waals surface area contributed by atoms with E-state index < -0.39 is 0 Å². The Morgan fingerprint density at radius 2 is 2.08 bits per heavy atom. The molecule has 24 heavy (non-hydrogen) atoms. The van der Waals surface area contributed by atoms with E-state index >= 15 is 0 Å². The van der Waals surface area contributed by atoms with Crippen LogP contribution in [-0.2, 0) is 0 Å². The second-order valence-corrected chi connectivity index (χ2v) is 6.92. The van der Waals surface area contributed by atoms with Gasteiger partial charge in [-0.15, -0.1) is 0 Å². The van der Waals surface area contributed by atoms with Crippen LogP contribution >= 0.6 is 0 Å². The summed E-state index contributed by atoms with van der Waals surface area (Å²) in [6, 6.07) is 9.48. The zero-order chi connectivity index (χ0) is 17.5. The minimum absolute atomic E-state index is 0.240. The SMILES string of the molecule is CCN1CCCC1CNC(N)=NCC(c1ccc(C)cc1)N(C)C. The van der Waals surface area contributed by atoms with Gasteiger partial charge < -0.3 is 16.0 Å². The van der Waals surface area contributed by atoms with Gasteiger partial charge in [-0.2, -0.15) is 0 Å². The minimum atomic E-state index is 0.240. The smallest absolute Gasteiger partial charge is 0.188 e. The van der Waals surface area contributed by atoms with E-state index in [1.165, 1.54) is 30.5 Å². The third kappa shape index (κ3) is 5.21. The van der Waals surface area contributed by atoms with Gasteiger partial charge in [-0.1, -0.05) is 36.8 Å². The van der Waals surface area contributed by atoms with Gasteiger partial charge in [-0.25, -0.2) is 0 Å². The highest BCUT2D eigenvalue weighted by Crippen LogP contribution is 2.19. The van der Waals surface area contributed by atoms with E-state index in [0.717, 1.165) is 13.1 Å². The molecule has 1 aromatic carbocycles. The first kappa shape index (κ1) is 18.7. The summed E-state index contributed by atoms with van der Waals surface area (Å²) in [4.78, 5) is 9.28. The zero-order valence-corrected chi connectivity index (χ0v) is 15.6. The second-order valence-electron chi connectivity index (χ2n) is 6.92. The fourth-order valence-electron chi connectivity index (χ4n) is 3.36. The van der Waals surface area contributed by atoms with Crippen molar-refractivity contribution in [3.63, 3.8) is 0 Å². The number of nitrogens with one attached hydrogen (secondary N) is 1. The number of likely N-dealkylation sites (N-methyl/N-ethyl adjacent to an activating group) is 2. The second kappa shape index (κ2) is 9.04. The van der Waals surface area contributed by atoms with Gasteiger partial charge in [-0.05, 0) is 52.5 Å².